The highest BCUT2D eigenvalue weighted by molar-refractivity contribution is 6.04. The highest BCUT2D eigenvalue weighted by atomic mass is 16.5. The zero-order valence-electron chi connectivity index (χ0n) is 19.9. The number of para-hydroxylation sites is 1. The fourth-order valence-electron chi connectivity index (χ4n) is 4.47. The molecular weight excluding hydrogens is 472 g/mol. The number of fused-ring (bicyclic) bond motifs is 1. The quantitative estimate of drug-likeness (QED) is 0.402. The van der Waals surface area contributed by atoms with Gasteiger partial charge in [-0.1, -0.05) is 18.2 Å². The number of carbonyl (C=O) groups excluding carboxylic acids is 2. The summed E-state index contributed by atoms with van der Waals surface area (Å²) in [5.74, 6) is 1.21. The van der Waals surface area contributed by atoms with Gasteiger partial charge in [-0.05, 0) is 56.0 Å². The van der Waals surface area contributed by atoms with Crippen molar-refractivity contribution in [1.82, 2.24) is 19.3 Å². The molecule has 1 aromatic carbocycles. The molecule has 4 heterocycles. The molecule has 2 aliphatic rings. The van der Waals surface area contributed by atoms with Gasteiger partial charge in [0.15, 0.2) is 0 Å². The van der Waals surface area contributed by atoms with Crippen LogP contribution in [0.5, 0.6) is 11.5 Å². The molecule has 2 amide bonds. The fraction of sp³-hybridized carbons (Fsp3) is 0.222. The molecule has 1 saturated carbocycles. The molecule has 186 valence electrons. The van der Waals surface area contributed by atoms with Crippen LogP contribution in [0.3, 0.4) is 0 Å². The minimum Gasteiger partial charge on any atom is -0.456 e. The Kier molecular flexibility index (Phi) is 5.76. The van der Waals surface area contributed by atoms with Crippen molar-refractivity contribution in [3.8, 4) is 17.2 Å². The van der Waals surface area contributed by atoms with Crippen molar-refractivity contribution in [2.24, 2.45) is 5.92 Å². The summed E-state index contributed by atoms with van der Waals surface area (Å²) in [6.45, 7) is 0.679. The Hall–Kier alpha value is -4.73. The van der Waals surface area contributed by atoms with Crippen molar-refractivity contribution < 1.29 is 14.3 Å². The largest absolute Gasteiger partial charge is 0.456 e. The number of anilines is 2. The second-order valence-corrected chi connectivity index (χ2v) is 9.08. The molecule has 2 N–H and O–H groups in total. The number of nitrogens with one attached hydrogen (secondary N) is 2. The predicted molar refractivity (Wildman–Crippen MR) is 136 cm³/mol. The minimum absolute atomic E-state index is 0.0317. The predicted octanol–water partition coefficient (Wildman–Crippen LogP) is 3.77. The molecule has 0 unspecified atom stereocenters. The summed E-state index contributed by atoms with van der Waals surface area (Å²) in [6, 6.07) is 15.9. The minimum atomic E-state index is -0.489. The smallest absolute Gasteiger partial charge is 0.284 e. The van der Waals surface area contributed by atoms with Crippen LogP contribution in [-0.4, -0.2) is 31.1 Å². The molecule has 0 atom stereocenters. The highest BCUT2D eigenvalue weighted by Crippen LogP contribution is 2.30. The molecule has 1 fully saturated rings. The van der Waals surface area contributed by atoms with E-state index in [4.69, 9.17) is 4.74 Å². The number of amides is 2. The second kappa shape index (κ2) is 9.38. The van der Waals surface area contributed by atoms with Crippen molar-refractivity contribution in [3.63, 3.8) is 0 Å². The number of ether oxygens (including phenoxy) is 1. The average molecular weight is 497 g/mol. The standard InChI is InChI=1S/C27H24N6O4/c34-25(17-8-9-17)31-23-15-19(12-13-28-23)37-20-10-11-22(29-16-20)30-26(35)24-21-7-4-14-32(21)33(27(24)36)18-5-2-1-3-6-18/h1-3,5-6,10-13,15-17H,4,7-9,14H2,(H,28,31,34)(H,29,30,35). The number of rotatable bonds is 7. The molecule has 3 aromatic heterocycles. The van der Waals surface area contributed by atoms with Crippen molar-refractivity contribution in [3.05, 3.63) is 88.6 Å². The summed E-state index contributed by atoms with van der Waals surface area (Å²) in [5, 5.41) is 5.53. The summed E-state index contributed by atoms with van der Waals surface area (Å²) in [5.41, 5.74) is 1.25. The van der Waals surface area contributed by atoms with Gasteiger partial charge in [0.05, 0.1) is 17.6 Å². The maximum Gasteiger partial charge on any atom is 0.284 e. The first-order valence-corrected chi connectivity index (χ1v) is 12.2. The molecule has 10 nitrogen and oxygen atoms in total. The third-order valence-corrected chi connectivity index (χ3v) is 6.40. The van der Waals surface area contributed by atoms with E-state index in [9.17, 15) is 14.4 Å². The average Bonchev–Trinajstić information content (AvgIpc) is 3.60. The van der Waals surface area contributed by atoms with Crippen LogP contribution in [0.4, 0.5) is 11.6 Å². The van der Waals surface area contributed by atoms with Gasteiger partial charge >= 0.3 is 0 Å². The molecular formula is C27H24N6O4. The van der Waals surface area contributed by atoms with Crippen molar-refractivity contribution in [2.75, 3.05) is 10.6 Å². The van der Waals surface area contributed by atoms with Crippen LogP contribution in [0, 0.1) is 5.92 Å². The van der Waals surface area contributed by atoms with E-state index in [1.54, 1.807) is 35.1 Å². The van der Waals surface area contributed by atoms with Gasteiger partial charge in [0.25, 0.3) is 11.5 Å². The molecule has 0 bridgehead atoms. The van der Waals surface area contributed by atoms with E-state index in [1.807, 2.05) is 35.0 Å². The van der Waals surface area contributed by atoms with Gasteiger partial charge in [-0.2, -0.15) is 0 Å². The maximum atomic E-state index is 13.2. The van der Waals surface area contributed by atoms with E-state index < -0.39 is 5.91 Å². The Morgan fingerprint density at radius 1 is 0.946 bits per heavy atom. The molecule has 0 spiro atoms. The van der Waals surface area contributed by atoms with Gasteiger partial charge in [0.1, 0.15) is 28.7 Å². The Bertz CT molecular complexity index is 1540. The van der Waals surface area contributed by atoms with Crippen molar-refractivity contribution >= 4 is 23.5 Å². The zero-order chi connectivity index (χ0) is 25.4. The number of pyridine rings is 2. The lowest BCUT2D eigenvalue weighted by molar-refractivity contribution is -0.117. The zero-order valence-corrected chi connectivity index (χ0v) is 19.9. The first-order chi connectivity index (χ1) is 18.1. The van der Waals surface area contributed by atoms with E-state index in [2.05, 4.69) is 20.6 Å². The van der Waals surface area contributed by atoms with E-state index >= 15 is 0 Å². The van der Waals surface area contributed by atoms with Crippen LogP contribution < -0.4 is 20.9 Å². The van der Waals surface area contributed by atoms with Crippen LogP contribution in [0.25, 0.3) is 5.69 Å². The molecule has 0 saturated heterocycles. The van der Waals surface area contributed by atoms with E-state index in [-0.39, 0.29) is 22.9 Å². The normalized spacial score (nSPS) is 14.2. The molecule has 4 aromatic rings. The van der Waals surface area contributed by atoms with Crippen LogP contribution in [-0.2, 0) is 17.8 Å². The number of benzene rings is 1. The van der Waals surface area contributed by atoms with E-state index in [0.717, 1.165) is 30.6 Å². The third-order valence-electron chi connectivity index (χ3n) is 6.40. The maximum absolute atomic E-state index is 13.2. The summed E-state index contributed by atoms with van der Waals surface area (Å²) >= 11 is 0. The Morgan fingerprint density at radius 2 is 1.78 bits per heavy atom. The van der Waals surface area contributed by atoms with Gasteiger partial charge < -0.3 is 15.4 Å². The summed E-state index contributed by atoms with van der Waals surface area (Å²) in [4.78, 5) is 46.8. The number of aromatic nitrogens is 4. The van der Waals surface area contributed by atoms with Gasteiger partial charge in [0, 0.05) is 24.7 Å². The lowest BCUT2D eigenvalue weighted by atomic mass is 10.2. The Morgan fingerprint density at radius 3 is 2.54 bits per heavy atom. The molecule has 6 rings (SSSR count). The summed E-state index contributed by atoms with van der Waals surface area (Å²) in [7, 11) is 0. The lowest BCUT2D eigenvalue weighted by Gasteiger charge is -2.09. The second-order valence-electron chi connectivity index (χ2n) is 9.08. The van der Waals surface area contributed by atoms with Gasteiger partial charge in [-0.15, -0.1) is 0 Å². The van der Waals surface area contributed by atoms with Crippen LogP contribution in [0.15, 0.2) is 71.8 Å². The van der Waals surface area contributed by atoms with Gasteiger partial charge in [-0.3, -0.25) is 19.1 Å². The molecule has 37 heavy (non-hydrogen) atoms. The van der Waals surface area contributed by atoms with E-state index in [0.29, 0.717) is 36.1 Å². The molecule has 10 heteroatoms. The summed E-state index contributed by atoms with van der Waals surface area (Å²) < 4.78 is 9.28. The van der Waals surface area contributed by atoms with Crippen LogP contribution in [0.2, 0.25) is 0 Å². The lowest BCUT2D eigenvalue weighted by Crippen LogP contribution is -2.26. The third kappa shape index (κ3) is 4.61. The number of carbonyl (C=O) groups is 2. The Labute approximate surface area is 211 Å². The monoisotopic (exact) mass is 496 g/mol. The highest BCUT2D eigenvalue weighted by Gasteiger charge is 2.30. The first-order valence-electron chi connectivity index (χ1n) is 12.2. The first kappa shape index (κ1) is 22.7. The SMILES string of the molecule is O=C(Nc1ccc(Oc2ccnc(NC(=O)C3CC3)c2)cn1)c1c2n(n(-c3ccccc3)c1=O)CCC2. The van der Waals surface area contributed by atoms with Gasteiger partial charge in [0.2, 0.25) is 5.91 Å². The Balaban J connectivity index is 1.16. The molecule has 1 aliphatic heterocycles. The van der Waals surface area contributed by atoms with Crippen molar-refractivity contribution in [1.29, 1.82) is 0 Å². The molecule has 0 radical (unpaired) electrons. The van der Waals surface area contributed by atoms with Crippen molar-refractivity contribution in [2.45, 2.75) is 32.2 Å². The van der Waals surface area contributed by atoms with Crippen LogP contribution >= 0.6 is 0 Å². The fourth-order valence-corrected chi connectivity index (χ4v) is 4.47. The number of hydrogen-bond acceptors (Lipinski definition) is 6. The topological polar surface area (TPSA) is 120 Å². The number of nitrogens with zero attached hydrogens (tertiary/aromatic N) is 4. The summed E-state index contributed by atoms with van der Waals surface area (Å²) in [6.07, 6.45) is 6.38. The van der Waals surface area contributed by atoms with E-state index in [1.165, 1.54) is 6.20 Å². The van der Waals surface area contributed by atoms with Gasteiger partial charge in [-0.25, -0.2) is 14.6 Å². The van der Waals surface area contributed by atoms with Crippen LogP contribution in [0.1, 0.15) is 35.3 Å². The molecule has 1 aliphatic carbocycles. The number of hydrogen-bond donors (Lipinski definition) is 2.